The Labute approximate surface area is 137 Å². The monoisotopic (exact) mass is 315 g/mol. The summed E-state index contributed by atoms with van der Waals surface area (Å²) < 4.78 is 1.90. The molecule has 3 rings (SSSR count). The first-order valence-electron chi connectivity index (χ1n) is 8.30. The van der Waals surface area contributed by atoms with Crippen LogP contribution in [0.25, 0.3) is 11.0 Å². The second-order valence-electron chi connectivity index (χ2n) is 6.67. The van der Waals surface area contributed by atoms with Gasteiger partial charge in [0.15, 0.2) is 5.65 Å². The lowest BCUT2D eigenvalue weighted by molar-refractivity contribution is 0.0762. The fourth-order valence-corrected chi connectivity index (χ4v) is 3.08. The van der Waals surface area contributed by atoms with Crippen molar-refractivity contribution in [1.82, 2.24) is 24.6 Å². The molecule has 0 N–H and O–H groups in total. The Hall–Kier alpha value is -1.95. The Morgan fingerprint density at radius 3 is 2.74 bits per heavy atom. The fraction of sp³-hybridized carbons (Fsp3) is 0.588. The number of carbonyl (C=O) groups excluding carboxylic acids is 1. The van der Waals surface area contributed by atoms with E-state index < -0.39 is 0 Å². The van der Waals surface area contributed by atoms with Gasteiger partial charge in [-0.3, -0.25) is 4.79 Å². The van der Waals surface area contributed by atoms with Gasteiger partial charge >= 0.3 is 0 Å². The van der Waals surface area contributed by atoms with Crippen LogP contribution in [-0.4, -0.2) is 63.7 Å². The van der Waals surface area contributed by atoms with Gasteiger partial charge in [-0.05, 0) is 46.9 Å². The molecule has 23 heavy (non-hydrogen) atoms. The van der Waals surface area contributed by atoms with Crippen LogP contribution >= 0.6 is 0 Å². The van der Waals surface area contributed by atoms with Crippen molar-refractivity contribution < 1.29 is 4.79 Å². The molecule has 0 aromatic carbocycles. The van der Waals surface area contributed by atoms with Gasteiger partial charge in [-0.15, -0.1) is 0 Å². The average molecular weight is 315 g/mol. The van der Waals surface area contributed by atoms with Crippen molar-refractivity contribution in [3.8, 4) is 0 Å². The number of likely N-dealkylation sites (N-methyl/N-ethyl adjacent to an activating group) is 1. The van der Waals surface area contributed by atoms with Gasteiger partial charge in [0.25, 0.3) is 5.91 Å². The summed E-state index contributed by atoms with van der Waals surface area (Å²) in [4.78, 5) is 21.8. The Kier molecular flexibility index (Phi) is 4.35. The lowest BCUT2D eigenvalue weighted by Crippen LogP contribution is -2.35. The number of carbonyl (C=O) groups is 1. The highest BCUT2D eigenvalue weighted by Crippen LogP contribution is 2.20. The number of hydrogen-bond donors (Lipinski definition) is 0. The lowest BCUT2D eigenvalue weighted by atomic mass is 10.1. The number of hydrogen-bond acceptors (Lipinski definition) is 4. The van der Waals surface area contributed by atoms with E-state index in [1.165, 1.54) is 0 Å². The maximum atomic E-state index is 12.9. The van der Waals surface area contributed by atoms with E-state index in [2.05, 4.69) is 35.9 Å². The molecule has 0 atom stereocenters. The van der Waals surface area contributed by atoms with Gasteiger partial charge in [-0.2, -0.15) is 5.10 Å². The number of pyridine rings is 1. The average Bonchev–Trinajstić information content (AvgIpc) is 2.79. The largest absolute Gasteiger partial charge is 0.337 e. The maximum absolute atomic E-state index is 12.9. The van der Waals surface area contributed by atoms with Crippen LogP contribution in [0, 0.1) is 6.92 Å². The lowest BCUT2D eigenvalue weighted by Gasteiger charge is -2.21. The molecule has 0 unspecified atom stereocenters. The third-order valence-corrected chi connectivity index (χ3v) is 4.49. The minimum atomic E-state index is 0.0875. The SMILES string of the molecule is Cc1nc2c(cnn2C(C)C)cc1C(=O)N1CCCN(C)CC1. The summed E-state index contributed by atoms with van der Waals surface area (Å²) in [6.07, 6.45) is 2.82. The van der Waals surface area contributed by atoms with Crippen LogP contribution in [0.3, 0.4) is 0 Å². The molecule has 6 nitrogen and oxygen atoms in total. The normalized spacial score (nSPS) is 17.0. The van der Waals surface area contributed by atoms with E-state index in [1.54, 1.807) is 6.20 Å². The predicted octanol–water partition coefficient (Wildman–Crippen LogP) is 2.10. The molecule has 1 fully saturated rings. The zero-order valence-electron chi connectivity index (χ0n) is 14.4. The van der Waals surface area contributed by atoms with Gasteiger partial charge < -0.3 is 9.80 Å². The minimum Gasteiger partial charge on any atom is -0.337 e. The standard InChI is InChI=1S/C17H25N5O/c1-12(2)22-16-14(11-18-22)10-15(13(3)19-16)17(23)21-7-5-6-20(4)8-9-21/h10-12H,5-9H2,1-4H3. The highest BCUT2D eigenvalue weighted by atomic mass is 16.2. The topological polar surface area (TPSA) is 54.3 Å². The van der Waals surface area contributed by atoms with Crippen molar-refractivity contribution in [3.05, 3.63) is 23.5 Å². The van der Waals surface area contributed by atoms with Crippen LogP contribution in [0.4, 0.5) is 0 Å². The number of nitrogens with zero attached hydrogens (tertiary/aromatic N) is 5. The third kappa shape index (κ3) is 3.08. The van der Waals surface area contributed by atoms with Crippen LogP contribution in [0.5, 0.6) is 0 Å². The van der Waals surface area contributed by atoms with Gasteiger partial charge in [0.05, 0.1) is 17.5 Å². The number of rotatable bonds is 2. The summed E-state index contributed by atoms with van der Waals surface area (Å²) in [5.41, 5.74) is 2.33. The van der Waals surface area contributed by atoms with Crippen molar-refractivity contribution in [2.24, 2.45) is 0 Å². The van der Waals surface area contributed by atoms with Gasteiger partial charge in [-0.1, -0.05) is 0 Å². The molecule has 0 radical (unpaired) electrons. The van der Waals surface area contributed by atoms with E-state index >= 15 is 0 Å². The molecule has 0 spiro atoms. The van der Waals surface area contributed by atoms with E-state index in [0.717, 1.165) is 49.3 Å². The smallest absolute Gasteiger partial charge is 0.255 e. The summed E-state index contributed by atoms with van der Waals surface area (Å²) in [5, 5.41) is 5.33. The number of aryl methyl sites for hydroxylation is 1. The minimum absolute atomic E-state index is 0.0875. The zero-order chi connectivity index (χ0) is 16.6. The highest BCUT2D eigenvalue weighted by Gasteiger charge is 2.22. The van der Waals surface area contributed by atoms with Crippen LogP contribution in [0.2, 0.25) is 0 Å². The molecule has 1 saturated heterocycles. The number of aromatic nitrogens is 3. The molecular weight excluding hydrogens is 290 g/mol. The summed E-state index contributed by atoms with van der Waals surface area (Å²) in [6.45, 7) is 9.62. The second-order valence-corrected chi connectivity index (χ2v) is 6.67. The van der Waals surface area contributed by atoms with Crippen molar-refractivity contribution in [3.63, 3.8) is 0 Å². The van der Waals surface area contributed by atoms with Gasteiger partial charge in [0.2, 0.25) is 0 Å². The van der Waals surface area contributed by atoms with Gasteiger partial charge in [-0.25, -0.2) is 9.67 Å². The molecule has 124 valence electrons. The molecule has 0 saturated carbocycles. The second kappa shape index (κ2) is 6.28. The van der Waals surface area contributed by atoms with Crippen molar-refractivity contribution >= 4 is 16.9 Å². The molecule has 2 aromatic heterocycles. The van der Waals surface area contributed by atoms with Crippen molar-refractivity contribution in [2.75, 3.05) is 33.2 Å². The Morgan fingerprint density at radius 2 is 2.00 bits per heavy atom. The summed E-state index contributed by atoms with van der Waals surface area (Å²) in [5.74, 6) is 0.0875. The molecule has 1 aliphatic heterocycles. The molecule has 0 bridgehead atoms. The van der Waals surface area contributed by atoms with Crippen LogP contribution < -0.4 is 0 Å². The van der Waals surface area contributed by atoms with Crippen molar-refractivity contribution in [1.29, 1.82) is 0 Å². The van der Waals surface area contributed by atoms with Gasteiger partial charge in [0.1, 0.15) is 0 Å². The Balaban J connectivity index is 1.93. The van der Waals surface area contributed by atoms with Gasteiger partial charge in [0, 0.05) is 31.1 Å². The Morgan fingerprint density at radius 1 is 1.22 bits per heavy atom. The molecule has 2 aromatic rings. The van der Waals surface area contributed by atoms with E-state index in [1.807, 2.05) is 22.6 Å². The Bertz CT molecular complexity index is 721. The first-order valence-corrected chi connectivity index (χ1v) is 8.30. The zero-order valence-corrected chi connectivity index (χ0v) is 14.4. The quantitative estimate of drug-likeness (QED) is 0.851. The number of fused-ring (bicyclic) bond motifs is 1. The predicted molar refractivity (Wildman–Crippen MR) is 90.7 cm³/mol. The van der Waals surface area contributed by atoms with E-state index in [9.17, 15) is 4.79 Å². The highest BCUT2D eigenvalue weighted by molar-refractivity contribution is 5.98. The molecule has 0 aliphatic carbocycles. The van der Waals surface area contributed by atoms with E-state index in [-0.39, 0.29) is 11.9 Å². The number of amides is 1. The van der Waals surface area contributed by atoms with Crippen LogP contribution in [0.1, 0.15) is 42.4 Å². The molecule has 6 heteroatoms. The molecular formula is C17H25N5O. The van der Waals surface area contributed by atoms with Crippen LogP contribution in [0.15, 0.2) is 12.3 Å². The van der Waals surface area contributed by atoms with E-state index in [4.69, 9.17) is 0 Å². The third-order valence-electron chi connectivity index (χ3n) is 4.49. The summed E-state index contributed by atoms with van der Waals surface area (Å²) in [6, 6.07) is 2.20. The summed E-state index contributed by atoms with van der Waals surface area (Å²) >= 11 is 0. The van der Waals surface area contributed by atoms with Crippen molar-refractivity contribution in [2.45, 2.75) is 33.2 Å². The van der Waals surface area contributed by atoms with E-state index in [0.29, 0.717) is 5.56 Å². The molecule has 3 heterocycles. The first kappa shape index (κ1) is 15.9. The molecule has 1 amide bonds. The van der Waals surface area contributed by atoms with Crippen LogP contribution in [-0.2, 0) is 0 Å². The fourth-order valence-electron chi connectivity index (χ4n) is 3.08. The maximum Gasteiger partial charge on any atom is 0.255 e. The summed E-state index contributed by atoms with van der Waals surface area (Å²) in [7, 11) is 2.10. The first-order chi connectivity index (χ1) is 11.0. The molecule has 1 aliphatic rings.